The lowest BCUT2D eigenvalue weighted by Crippen LogP contribution is -2.44. The van der Waals surface area contributed by atoms with Crippen molar-refractivity contribution in [3.63, 3.8) is 0 Å². The predicted molar refractivity (Wildman–Crippen MR) is 75.5 cm³/mol. The van der Waals surface area contributed by atoms with Crippen LogP contribution in [0.1, 0.15) is 43.5 Å². The van der Waals surface area contributed by atoms with Crippen molar-refractivity contribution >= 4 is 11.7 Å². The Bertz CT molecular complexity index is 449. The van der Waals surface area contributed by atoms with Gasteiger partial charge in [0, 0.05) is 12.2 Å². The van der Waals surface area contributed by atoms with Crippen LogP contribution in [-0.4, -0.2) is 16.9 Å². The molecule has 4 N–H and O–H groups in total. The standard InChI is InChI=1S/C14H22N4O/c1-9-5-3-7-12(10(9)2)17-14(19)11-6-4-8-16-13(11)18-15/h4,6,8-10,12H,3,5,7,15H2,1-2H3,(H,16,18)(H,17,19). The molecule has 0 spiro atoms. The van der Waals surface area contributed by atoms with Gasteiger partial charge in [-0.15, -0.1) is 0 Å². The lowest BCUT2D eigenvalue weighted by Gasteiger charge is -2.34. The molecule has 0 aromatic carbocycles. The molecule has 1 aliphatic rings. The first-order chi connectivity index (χ1) is 9.13. The fourth-order valence-electron chi connectivity index (χ4n) is 2.74. The minimum Gasteiger partial charge on any atom is -0.349 e. The van der Waals surface area contributed by atoms with Crippen LogP contribution in [0, 0.1) is 11.8 Å². The number of carbonyl (C=O) groups excluding carboxylic acids is 1. The van der Waals surface area contributed by atoms with Gasteiger partial charge in [0.1, 0.15) is 0 Å². The normalized spacial score (nSPS) is 26.8. The quantitative estimate of drug-likeness (QED) is 0.574. The van der Waals surface area contributed by atoms with Crippen LogP contribution in [0.2, 0.25) is 0 Å². The number of nitrogens with two attached hydrogens (primary N) is 1. The summed E-state index contributed by atoms with van der Waals surface area (Å²) in [5, 5.41) is 3.12. The van der Waals surface area contributed by atoms with Crippen molar-refractivity contribution in [3.8, 4) is 0 Å². The fourth-order valence-corrected chi connectivity index (χ4v) is 2.74. The van der Waals surface area contributed by atoms with E-state index in [2.05, 4.69) is 29.6 Å². The van der Waals surface area contributed by atoms with E-state index in [1.807, 2.05) is 0 Å². The van der Waals surface area contributed by atoms with Gasteiger partial charge in [-0.25, -0.2) is 10.8 Å². The summed E-state index contributed by atoms with van der Waals surface area (Å²) in [6, 6.07) is 3.71. The van der Waals surface area contributed by atoms with Gasteiger partial charge in [0.25, 0.3) is 5.91 Å². The molecule has 1 saturated carbocycles. The molecule has 0 aliphatic heterocycles. The molecule has 0 saturated heterocycles. The number of aromatic nitrogens is 1. The first-order valence-corrected chi connectivity index (χ1v) is 6.86. The molecule has 5 heteroatoms. The highest BCUT2D eigenvalue weighted by Gasteiger charge is 2.28. The van der Waals surface area contributed by atoms with Gasteiger partial charge in [0.2, 0.25) is 0 Å². The van der Waals surface area contributed by atoms with Crippen molar-refractivity contribution in [2.75, 3.05) is 5.43 Å². The zero-order valence-corrected chi connectivity index (χ0v) is 11.5. The van der Waals surface area contributed by atoms with E-state index in [1.165, 1.54) is 12.8 Å². The van der Waals surface area contributed by atoms with Crippen molar-refractivity contribution in [2.45, 2.75) is 39.2 Å². The molecule has 3 atom stereocenters. The van der Waals surface area contributed by atoms with Gasteiger partial charge in [-0.2, -0.15) is 0 Å². The number of nitrogen functional groups attached to an aromatic ring is 1. The molecule has 0 bridgehead atoms. The number of carbonyl (C=O) groups is 1. The molecule has 1 aromatic rings. The average Bonchev–Trinajstić information content (AvgIpc) is 2.43. The van der Waals surface area contributed by atoms with E-state index >= 15 is 0 Å². The van der Waals surface area contributed by atoms with Crippen molar-refractivity contribution in [3.05, 3.63) is 23.9 Å². The van der Waals surface area contributed by atoms with Gasteiger partial charge in [0.05, 0.1) is 5.56 Å². The number of nitrogens with one attached hydrogen (secondary N) is 2. The van der Waals surface area contributed by atoms with E-state index in [0.717, 1.165) is 6.42 Å². The summed E-state index contributed by atoms with van der Waals surface area (Å²) in [6.07, 6.45) is 5.07. The Balaban J connectivity index is 2.08. The van der Waals surface area contributed by atoms with Crippen LogP contribution in [-0.2, 0) is 0 Å². The fraction of sp³-hybridized carbons (Fsp3) is 0.571. The van der Waals surface area contributed by atoms with Gasteiger partial charge >= 0.3 is 0 Å². The molecule has 1 aliphatic carbocycles. The van der Waals surface area contributed by atoms with E-state index in [1.54, 1.807) is 18.3 Å². The molecular formula is C14H22N4O. The van der Waals surface area contributed by atoms with Crippen molar-refractivity contribution in [1.29, 1.82) is 0 Å². The zero-order valence-electron chi connectivity index (χ0n) is 11.5. The maximum Gasteiger partial charge on any atom is 0.255 e. The van der Waals surface area contributed by atoms with Gasteiger partial charge in [-0.1, -0.05) is 26.7 Å². The molecule has 2 rings (SSSR count). The van der Waals surface area contributed by atoms with Crippen LogP contribution in [0.15, 0.2) is 18.3 Å². The molecule has 3 unspecified atom stereocenters. The Kier molecular flexibility index (Phi) is 4.37. The number of rotatable bonds is 3. The highest BCUT2D eigenvalue weighted by atomic mass is 16.1. The number of pyridine rings is 1. The van der Waals surface area contributed by atoms with Gasteiger partial charge < -0.3 is 10.7 Å². The number of amides is 1. The lowest BCUT2D eigenvalue weighted by molar-refractivity contribution is 0.0891. The first-order valence-electron chi connectivity index (χ1n) is 6.86. The van der Waals surface area contributed by atoms with Gasteiger partial charge in [-0.3, -0.25) is 4.79 Å². The molecule has 5 nitrogen and oxygen atoms in total. The number of hydrogen-bond acceptors (Lipinski definition) is 4. The van der Waals surface area contributed by atoms with Crippen LogP contribution in [0.5, 0.6) is 0 Å². The Hall–Kier alpha value is -1.62. The Morgan fingerprint density at radius 3 is 2.95 bits per heavy atom. The summed E-state index contributed by atoms with van der Waals surface area (Å²) in [5.74, 6) is 6.84. The molecule has 1 aromatic heterocycles. The summed E-state index contributed by atoms with van der Waals surface area (Å²) in [4.78, 5) is 16.3. The van der Waals surface area contributed by atoms with Crippen LogP contribution >= 0.6 is 0 Å². The molecule has 1 fully saturated rings. The molecule has 104 valence electrons. The molecule has 0 radical (unpaired) electrons. The summed E-state index contributed by atoms with van der Waals surface area (Å²) in [5.41, 5.74) is 2.96. The van der Waals surface area contributed by atoms with Crippen LogP contribution in [0.25, 0.3) is 0 Å². The SMILES string of the molecule is CC1CCCC(NC(=O)c2cccnc2NN)C1C. The van der Waals surface area contributed by atoms with Crippen LogP contribution < -0.4 is 16.6 Å². The van der Waals surface area contributed by atoms with Crippen LogP contribution in [0.4, 0.5) is 5.82 Å². The highest BCUT2D eigenvalue weighted by Crippen LogP contribution is 2.29. The number of nitrogens with zero attached hydrogens (tertiary/aromatic N) is 1. The zero-order chi connectivity index (χ0) is 13.8. The predicted octanol–water partition coefficient (Wildman–Crippen LogP) is 1.92. The third-order valence-electron chi connectivity index (χ3n) is 4.21. The monoisotopic (exact) mass is 262 g/mol. The Morgan fingerprint density at radius 1 is 1.42 bits per heavy atom. The van der Waals surface area contributed by atoms with E-state index in [4.69, 9.17) is 5.84 Å². The van der Waals surface area contributed by atoms with Crippen molar-refractivity contribution < 1.29 is 4.79 Å². The average molecular weight is 262 g/mol. The third-order valence-corrected chi connectivity index (χ3v) is 4.21. The Labute approximate surface area is 114 Å². The second-order valence-electron chi connectivity index (χ2n) is 5.39. The smallest absolute Gasteiger partial charge is 0.255 e. The van der Waals surface area contributed by atoms with Gasteiger partial charge in [-0.05, 0) is 30.4 Å². The molecule has 1 heterocycles. The summed E-state index contributed by atoms with van der Waals surface area (Å²) >= 11 is 0. The minimum absolute atomic E-state index is 0.105. The van der Waals surface area contributed by atoms with Crippen molar-refractivity contribution in [2.24, 2.45) is 17.7 Å². The number of hydrogen-bond donors (Lipinski definition) is 3. The second kappa shape index (κ2) is 6.02. The Morgan fingerprint density at radius 2 is 2.21 bits per heavy atom. The van der Waals surface area contributed by atoms with Gasteiger partial charge in [0.15, 0.2) is 5.82 Å². The lowest BCUT2D eigenvalue weighted by atomic mass is 9.78. The molecule has 1 amide bonds. The summed E-state index contributed by atoms with van der Waals surface area (Å²) in [6.45, 7) is 4.46. The van der Waals surface area contributed by atoms with E-state index in [-0.39, 0.29) is 11.9 Å². The first kappa shape index (κ1) is 13.8. The maximum atomic E-state index is 12.3. The maximum absolute atomic E-state index is 12.3. The number of anilines is 1. The number of hydrazine groups is 1. The van der Waals surface area contributed by atoms with Crippen LogP contribution in [0.3, 0.4) is 0 Å². The molecule has 19 heavy (non-hydrogen) atoms. The largest absolute Gasteiger partial charge is 0.349 e. The molecular weight excluding hydrogens is 240 g/mol. The van der Waals surface area contributed by atoms with E-state index in [9.17, 15) is 4.79 Å². The topological polar surface area (TPSA) is 80.0 Å². The highest BCUT2D eigenvalue weighted by molar-refractivity contribution is 5.98. The summed E-state index contributed by atoms with van der Waals surface area (Å²) < 4.78 is 0. The third kappa shape index (κ3) is 3.04. The summed E-state index contributed by atoms with van der Waals surface area (Å²) in [7, 11) is 0. The minimum atomic E-state index is -0.105. The van der Waals surface area contributed by atoms with E-state index < -0.39 is 0 Å². The van der Waals surface area contributed by atoms with Crippen molar-refractivity contribution in [1.82, 2.24) is 10.3 Å². The second-order valence-corrected chi connectivity index (χ2v) is 5.39. The van der Waals surface area contributed by atoms with E-state index in [0.29, 0.717) is 23.2 Å².